The van der Waals surface area contributed by atoms with Crippen molar-refractivity contribution in [3.05, 3.63) is 0 Å². The van der Waals surface area contributed by atoms with E-state index in [-0.39, 0.29) is 19.0 Å². The van der Waals surface area contributed by atoms with Crippen molar-refractivity contribution in [1.29, 1.82) is 0 Å². The lowest BCUT2D eigenvalue weighted by molar-refractivity contribution is -0.137. The molecule has 0 unspecified atom stereocenters. The highest BCUT2D eigenvalue weighted by atomic mass is 32.2. The van der Waals surface area contributed by atoms with Gasteiger partial charge in [-0.15, -0.1) is 0 Å². The molecular weight excluding hydrogens is 244 g/mol. The fourth-order valence-electron chi connectivity index (χ4n) is 1.58. The smallest absolute Gasteiger partial charge is 0.304 e. The highest BCUT2D eigenvalue weighted by Gasteiger charge is 2.28. The number of nitrogens with zero attached hydrogens (tertiary/aromatic N) is 2. The number of rotatable bonds is 8. The first-order valence-corrected chi connectivity index (χ1v) is 7.08. The standard InChI is InChI=1S/C10H22N2O4S/c1-5-9(6-2)12(4)17(15,16)11(3)8-7-10(13)14/h9H,5-8H2,1-4H3,(H,13,14). The molecule has 0 saturated carbocycles. The zero-order valence-electron chi connectivity index (χ0n) is 10.9. The number of hydrogen-bond donors (Lipinski definition) is 1. The van der Waals surface area contributed by atoms with E-state index in [1.807, 2.05) is 13.8 Å². The Labute approximate surface area is 103 Å². The van der Waals surface area contributed by atoms with Crippen molar-refractivity contribution >= 4 is 16.2 Å². The van der Waals surface area contributed by atoms with Crippen LogP contribution in [0, 0.1) is 0 Å². The van der Waals surface area contributed by atoms with Crippen LogP contribution in [0.1, 0.15) is 33.1 Å². The van der Waals surface area contributed by atoms with Crippen molar-refractivity contribution < 1.29 is 18.3 Å². The van der Waals surface area contributed by atoms with Gasteiger partial charge in [0.2, 0.25) is 0 Å². The molecule has 0 aromatic heterocycles. The number of carboxylic acids is 1. The van der Waals surface area contributed by atoms with Crippen molar-refractivity contribution in [1.82, 2.24) is 8.61 Å². The first kappa shape index (κ1) is 16.3. The average molecular weight is 266 g/mol. The second-order valence-corrected chi connectivity index (χ2v) is 6.05. The summed E-state index contributed by atoms with van der Waals surface area (Å²) in [7, 11) is -0.623. The van der Waals surface area contributed by atoms with Crippen molar-refractivity contribution in [2.24, 2.45) is 0 Å². The third-order valence-electron chi connectivity index (χ3n) is 2.86. The maximum atomic E-state index is 12.1. The molecule has 0 aromatic rings. The van der Waals surface area contributed by atoms with Crippen molar-refractivity contribution in [2.75, 3.05) is 20.6 Å². The number of hydrogen-bond acceptors (Lipinski definition) is 3. The molecule has 0 saturated heterocycles. The molecule has 0 bridgehead atoms. The summed E-state index contributed by atoms with van der Waals surface area (Å²) in [6.07, 6.45) is 1.28. The van der Waals surface area contributed by atoms with Gasteiger partial charge in [-0.25, -0.2) is 0 Å². The summed E-state index contributed by atoms with van der Waals surface area (Å²) in [6.45, 7) is 3.84. The third-order valence-corrected chi connectivity index (χ3v) is 4.85. The Kier molecular flexibility index (Phi) is 6.66. The summed E-state index contributed by atoms with van der Waals surface area (Å²) < 4.78 is 26.5. The molecule has 0 radical (unpaired) electrons. The van der Waals surface area contributed by atoms with Crippen molar-refractivity contribution in [3.8, 4) is 0 Å². The molecule has 0 heterocycles. The topological polar surface area (TPSA) is 77.9 Å². The minimum absolute atomic E-state index is 0.0118. The molecule has 0 spiro atoms. The lowest BCUT2D eigenvalue weighted by atomic mass is 10.2. The molecule has 0 atom stereocenters. The van der Waals surface area contributed by atoms with Crippen LogP contribution in [0.2, 0.25) is 0 Å². The van der Waals surface area contributed by atoms with Gasteiger partial charge in [-0.05, 0) is 12.8 Å². The molecule has 0 aliphatic carbocycles. The summed E-state index contributed by atoms with van der Waals surface area (Å²) in [5.74, 6) is -1.00. The third kappa shape index (κ3) is 4.61. The SMILES string of the molecule is CCC(CC)N(C)S(=O)(=O)N(C)CCC(=O)O. The van der Waals surface area contributed by atoms with Crippen molar-refractivity contribution in [2.45, 2.75) is 39.2 Å². The molecule has 102 valence electrons. The van der Waals surface area contributed by atoms with E-state index in [4.69, 9.17) is 5.11 Å². The molecule has 0 aliphatic heterocycles. The summed E-state index contributed by atoms with van der Waals surface area (Å²) in [6, 6.07) is -0.0488. The minimum Gasteiger partial charge on any atom is -0.481 e. The fraction of sp³-hybridized carbons (Fsp3) is 0.900. The molecule has 1 N–H and O–H groups in total. The Morgan fingerprint density at radius 2 is 1.71 bits per heavy atom. The lowest BCUT2D eigenvalue weighted by Crippen LogP contribution is -2.45. The van der Waals surface area contributed by atoms with Crippen LogP contribution in [0.4, 0.5) is 0 Å². The number of carbonyl (C=O) groups is 1. The first-order valence-electron chi connectivity index (χ1n) is 5.68. The van der Waals surface area contributed by atoms with Crippen LogP contribution in [-0.4, -0.2) is 54.8 Å². The Morgan fingerprint density at radius 1 is 1.24 bits per heavy atom. The second-order valence-electron chi connectivity index (χ2n) is 3.96. The quantitative estimate of drug-likeness (QED) is 0.703. The fourth-order valence-corrected chi connectivity index (χ4v) is 3.02. The van der Waals surface area contributed by atoms with Gasteiger partial charge in [-0.1, -0.05) is 13.8 Å². The van der Waals surface area contributed by atoms with Gasteiger partial charge in [0, 0.05) is 26.7 Å². The normalized spacial score (nSPS) is 12.6. The molecule has 0 aliphatic rings. The van der Waals surface area contributed by atoms with E-state index in [1.165, 1.54) is 18.4 Å². The monoisotopic (exact) mass is 266 g/mol. The van der Waals surface area contributed by atoms with Crippen molar-refractivity contribution in [3.63, 3.8) is 0 Å². The Morgan fingerprint density at radius 3 is 2.06 bits per heavy atom. The molecule has 7 heteroatoms. The first-order chi connectivity index (χ1) is 7.77. The average Bonchev–Trinajstić information content (AvgIpc) is 2.27. The number of aliphatic carboxylic acids is 1. The van der Waals surface area contributed by atoms with Gasteiger partial charge in [0.05, 0.1) is 6.42 Å². The van der Waals surface area contributed by atoms with E-state index in [0.717, 1.165) is 17.1 Å². The maximum Gasteiger partial charge on any atom is 0.304 e. The van der Waals surface area contributed by atoms with Gasteiger partial charge in [-0.3, -0.25) is 4.79 Å². The van der Waals surface area contributed by atoms with Crippen LogP contribution in [0.3, 0.4) is 0 Å². The van der Waals surface area contributed by atoms with E-state index in [1.54, 1.807) is 0 Å². The minimum atomic E-state index is -3.55. The van der Waals surface area contributed by atoms with E-state index in [0.29, 0.717) is 0 Å². The zero-order chi connectivity index (χ0) is 13.6. The van der Waals surface area contributed by atoms with Crippen LogP contribution in [0.5, 0.6) is 0 Å². The van der Waals surface area contributed by atoms with Crippen LogP contribution in [-0.2, 0) is 15.0 Å². The Balaban J connectivity index is 4.69. The van der Waals surface area contributed by atoms with Gasteiger partial charge in [-0.2, -0.15) is 17.0 Å². The van der Waals surface area contributed by atoms with E-state index in [2.05, 4.69) is 0 Å². The molecule has 6 nitrogen and oxygen atoms in total. The van der Waals surface area contributed by atoms with Crippen LogP contribution in [0.25, 0.3) is 0 Å². The molecular formula is C10H22N2O4S. The van der Waals surface area contributed by atoms with Gasteiger partial charge < -0.3 is 5.11 Å². The summed E-state index contributed by atoms with van der Waals surface area (Å²) in [5, 5.41) is 8.53. The molecule has 0 fully saturated rings. The highest BCUT2D eigenvalue weighted by molar-refractivity contribution is 7.86. The summed E-state index contributed by atoms with van der Waals surface area (Å²) in [4.78, 5) is 10.4. The summed E-state index contributed by atoms with van der Waals surface area (Å²) >= 11 is 0. The van der Waals surface area contributed by atoms with Gasteiger partial charge >= 0.3 is 5.97 Å². The number of carboxylic acid groups (broad SMARTS) is 1. The molecule has 0 aromatic carbocycles. The zero-order valence-corrected chi connectivity index (χ0v) is 11.7. The van der Waals surface area contributed by atoms with Gasteiger partial charge in [0.1, 0.15) is 0 Å². The highest BCUT2D eigenvalue weighted by Crippen LogP contribution is 2.13. The lowest BCUT2D eigenvalue weighted by Gasteiger charge is -2.29. The Hall–Kier alpha value is -0.660. The molecule has 0 amide bonds. The van der Waals surface area contributed by atoms with Gasteiger partial charge in [0.15, 0.2) is 0 Å². The van der Waals surface area contributed by atoms with E-state index >= 15 is 0 Å². The predicted molar refractivity (Wildman–Crippen MR) is 65.9 cm³/mol. The Bertz CT molecular complexity index is 338. The van der Waals surface area contributed by atoms with Crippen LogP contribution >= 0.6 is 0 Å². The maximum absolute atomic E-state index is 12.1. The largest absolute Gasteiger partial charge is 0.481 e. The van der Waals surface area contributed by atoms with Crippen LogP contribution in [0.15, 0.2) is 0 Å². The van der Waals surface area contributed by atoms with Gasteiger partial charge in [0.25, 0.3) is 10.2 Å². The van der Waals surface area contributed by atoms with E-state index < -0.39 is 16.2 Å². The predicted octanol–water partition coefficient (Wildman–Crippen LogP) is 0.758. The van der Waals surface area contributed by atoms with Crippen LogP contribution < -0.4 is 0 Å². The van der Waals surface area contributed by atoms with E-state index in [9.17, 15) is 13.2 Å². The second kappa shape index (κ2) is 6.93. The molecule has 0 rings (SSSR count). The molecule has 17 heavy (non-hydrogen) atoms. The summed E-state index contributed by atoms with van der Waals surface area (Å²) in [5.41, 5.74) is 0.